The molecule has 2 amide bonds. The van der Waals surface area contributed by atoms with Gasteiger partial charge in [0.05, 0.1) is 0 Å². The maximum Gasteiger partial charge on any atom is 0.414 e. The Bertz CT molecular complexity index is 474. The average Bonchev–Trinajstić information content (AvgIpc) is 2.26. The SMILES string of the molecule is CC(C)(C)OC(=O)NC(=O)C(C)(O)Cc1ccccc1. The minimum atomic E-state index is -1.68. The number of rotatable bonds is 3. The predicted octanol–water partition coefficient (Wildman–Crippen LogP) is 2.03. The highest BCUT2D eigenvalue weighted by atomic mass is 16.6. The van der Waals surface area contributed by atoms with Gasteiger partial charge in [-0.05, 0) is 33.3 Å². The summed E-state index contributed by atoms with van der Waals surface area (Å²) in [7, 11) is 0. The van der Waals surface area contributed by atoms with Crippen molar-refractivity contribution in [3.05, 3.63) is 35.9 Å². The molecule has 0 heterocycles. The Morgan fingerprint density at radius 2 is 1.70 bits per heavy atom. The summed E-state index contributed by atoms with van der Waals surface area (Å²) < 4.78 is 4.97. The first-order valence-corrected chi connectivity index (χ1v) is 6.41. The van der Waals surface area contributed by atoms with E-state index in [9.17, 15) is 14.7 Å². The highest BCUT2D eigenvalue weighted by Crippen LogP contribution is 2.14. The molecule has 0 aliphatic carbocycles. The second kappa shape index (κ2) is 6.05. The Hall–Kier alpha value is -1.88. The number of carbonyl (C=O) groups is 2. The molecule has 0 bridgehead atoms. The van der Waals surface area contributed by atoms with Crippen LogP contribution in [0.15, 0.2) is 30.3 Å². The van der Waals surface area contributed by atoms with E-state index >= 15 is 0 Å². The van der Waals surface area contributed by atoms with Crippen LogP contribution in [0.25, 0.3) is 0 Å². The van der Waals surface area contributed by atoms with Crippen molar-refractivity contribution in [3.63, 3.8) is 0 Å². The second-order valence-corrected chi connectivity index (χ2v) is 5.89. The van der Waals surface area contributed by atoms with Gasteiger partial charge in [0.15, 0.2) is 0 Å². The van der Waals surface area contributed by atoms with Gasteiger partial charge >= 0.3 is 6.09 Å². The Morgan fingerprint density at radius 1 is 1.15 bits per heavy atom. The number of imide groups is 1. The molecule has 0 aliphatic rings. The lowest BCUT2D eigenvalue weighted by Gasteiger charge is -2.24. The van der Waals surface area contributed by atoms with Gasteiger partial charge in [-0.25, -0.2) is 4.79 Å². The Labute approximate surface area is 118 Å². The molecular formula is C15H21NO4. The molecule has 0 spiro atoms. The van der Waals surface area contributed by atoms with Gasteiger partial charge in [0.2, 0.25) is 0 Å². The Kier molecular flexibility index (Phi) is 4.89. The van der Waals surface area contributed by atoms with E-state index in [-0.39, 0.29) is 6.42 Å². The van der Waals surface area contributed by atoms with Crippen LogP contribution in [-0.4, -0.2) is 28.3 Å². The smallest absolute Gasteiger partial charge is 0.414 e. The summed E-state index contributed by atoms with van der Waals surface area (Å²) in [5, 5.41) is 12.2. The van der Waals surface area contributed by atoms with Crippen LogP contribution in [-0.2, 0) is 16.0 Å². The van der Waals surface area contributed by atoms with Gasteiger partial charge in [0, 0.05) is 6.42 Å². The third-order valence-electron chi connectivity index (χ3n) is 2.49. The van der Waals surface area contributed by atoms with Crippen molar-refractivity contribution in [1.29, 1.82) is 0 Å². The highest BCUT2D eigenvalue weighted by molar-refractivity contribution is 5.96. The molecule has 0 aromatic heterocycles. The summed E-state index contributed by atoms with van der Waals surface area (Å²) in [6, 6.07) is 9.08. The van der Waals surface area contributed by atoms with Crippen LogP contribution in [0, 0.1) is 0 Å². The van der Waals surface area contributed by atoms with E-state index in [2.05, 4.69) is 0 Å². The van der Waals surface area contributed by atoms with E-state index in [0.29, 0.717) is 0 Å². The fraction of sp³-hybridized carbons (Fsp3) is 0.467. The summed E-state index contributed by atoms with van der Waals surface area (Å²) >= 11 is 0. The van der Waals surface area contributed by atoms with E-state index in [4.69, 9.17) is 4.74 Å². The molecule has 0 saturated heterocycles. The van der Waals surface area contributed by atoms with Crippen molar-refractivity contribution < 1.29 is 19.4 Å². The minimum Gasteiger partial charge on any atom is -0.444 e. The lowest BCUT2D eigenvalue weighted by atomic mass is 9.96. The summed E-state index contributed by atoms with van der Waals surface area (Å²) in [6.07, 6.45) is -0.751. The number of hydrogen-bond donors (Lipinski definition) is 2. The van der Waals surface area contributed by atoms with Crippen molar-refractivity contribution in [1.82, 2.24) is 5.32 Å². The highest BCUT2D eigenvalue weighted by Gasteiger charge is 2.32. The third kappa shape index (κ3) is 5.40. The van der Waals surface area contributed by atoms with Crippen molar-refractivity contribution in [2.75, 3.05) is 0 Å². The van der Waals surface area contributed by atoms with Gasteiger partial charge < -0.3 is 9.84 Å². The topological polar surface area (TPSA) is 75.6 Å². The summed E-state index contributed by atoms with van der Waals surface area (Å²) in [5.41, 5.74) is -1.58. The normalized spacial score (nSPS) is 14.2. The van der Waals surface area contributed by atoms with Crippen molar-refractivity contribution in [3.8, 4) is 0 Å². The predicted molar refractivity (Wildman–Crippen MR) is 75.1 cm³/mol. The molecule has 20 heavy (non-hydrogen) atoms. The number of benzene rings is 1. The van der Waals surface area contributed by atoms with Crippen LogP contribution in [0.5, 0.6) is 0 Å². The molecular weight excluding hydrogens is 258 g/mol. The van der Waals surface area contributed by atoms with Gasteiger partial charge in [-0.15, -0.1) is 0 Å². The molecule has 1 aromatic rings. The number of nitrogens with one attached hydrogen (secondary N) is 1. The number of ether oxygens (including phenoxy) is 1. The average molecular weight is 279 g/mol. The Morgan fingerprint density at radius 3 is 2.20 bits per heavy atom. The molecule has 0 saturated carbocycles. The van der Waals surface area contributed by atoms with Crippen molar-refractivity contribution >= 4 is 12.0 Å². The van der Waals surface area contributed by atoms with Gasteiger partial charge in [0.25, 0.3) is 5.91 Å². The standard InChI is InChI=1S/C15H21NO4/c1-14(2,3)20-13(18)16-12(17)15(4,19)10-11-8-6-5-7-9-11/h5-9,19H,10H2,1-4H3,(H,16,17,18). The minimum absolute atomic E-state index is 0.114. The quantitative estimate of drug-likeness (QED) is 0.887. The molecule has 5 heteroatoms. The number of amides is 2. The lowest BCUT2D eigenvalue weighted by Crippen LogP contribution is -2.49. The molecule has 2 N–H and O–H groups in total. The first-order valence-electron chi connectivity index (χ1n) is 6.41. The van der Waals surface area contributed by atoms with Crippen molar-refractivity contribution in [2.45, 2.75) is 45.3 Å². The fourth-order valence-corrected chi connectivity index (χ4v) is 1.60. The second-order valence-electron chi connectivity index (χ2n) is 5.89. The zero-order chi connectivity index (χ0) is 15.4. The molecule has 1 atom stereocenters. The van der Waals surface area contributed by atoms with E-state index < -0.39 is 23.2 Å². The fourth-order valence-electron chi connectivity index (χ4n) is 1.60. The molecule has 1 aromatic carbocycles. The van der Waals surface area contributed by atoms with Gasteiger partial charge in [-0.1, -0.05) is 30.3 Å². The molecule has 5 nitrogen and oxygen atoms in total. The van der Waals surface area contributed by atoms with Crippen molar-refractivity contribution in [2.24, 2.45) is 0 Å². The van der Waals surface area contributed by atoms with E-state index in [1.807, 2.05) is 23.5 Å². The zero-order valence-electron chi connectivity index (χ0n) is 12.3. The van der Waals surface area contributed by atoms with E-state index in [0.717, 1.165) is 5.56 Å². The molecule has 0 radical (unpaired) electrons. The summed E-state index contributed by atoms with van der Waals surface area (Å²) in [6.45, 7) is 6.44. The summed E-state index contributed by atoms with van der Waals surface area (Å²) in [5.74, 6) is -0.782. The van der Waals surface area contributed by atoms with Crippen LogP contribution in [0.3, 0.4) is 0 Å². The van der Waals surface area contributed by atoms with Crippen LogP contribution in [0.4, 0.5) is 4.79 Å². The Balaban J connectivity index is 2.63. The largest absolute Gasteiger partial charge is 0.444 e. The monoisotopic (exact) mass is 279 g/mol. The third-order valence-corrected chi connectivity index (χ3v) is 2.49. The maximum absolute atomic E-state index is 11.9. The lowest BCUT2D eigenvalue weighted by molar-refractivity contribution is -0.137. The number of aliphatic hydroxyl groups is 1. The van der Waals surface area contributed by atoms with Crippen LogP contribution in [0.2, 0.25) is 0 Å². The molecule has 0 fully saturated rings. The first-order chi connectivity index (χ1) is 9.10. The van der Waals surface area contributed by atoms with Crippen LogP contribution in [0.1, 0.15) is 33.3 Å². The van der Waals surface area contributed by atoms with Gasteiger partial charge in [0.1, 0.15) is 11.2 Å². The van der Waals surface area contributed by atoms with Gasteiger partial charge in [-0.3, -0.25) is 10.1 Å². The number of alkyl carbamates (subject to hydrolysis) is 1. The van der Waals surface area contributed by atoms with Crippen LogP contribution < -0.4 is 5.32 Å². The first kappa shape index (κ1) is 16.2. The maximum atomic E-state index is 11.9. The summed E-state index contributed by atoms with van der Waals surface area (Å²) in [4.78, 5) is 23.4. The molecule has 1 rings (SSSR count). The number of hydrogen-bond acceptors (Lipinski definition) is 4. The van der Waals surface area contributed by atoms with Gasteiger partial charge in [-0.2, -0.15) is 0 Å². The molecule has 110 valence electrons. The van der Waals surface area contributed by atoms with E-state index in [1.54, 1.807) is 32.9 Å². The molecule has 0 aliphatic heterocycles. The van der Waals surface area contributed by atoms with Crippen LogP contribution >= 0.6 is 0 Å². The number of carbonyl (C=O) groups excluding carboxylic acids is 2. The molecule has 1 unspecified atom stereocenters. The zero-order valence-corrected chi connectivity index (χ0v) is 12.3. The van der Waals surface area contributed by atoms with E-state index in [1.165, 1.54) is 6.92 Å².